The molecule has 0 radical (unpaired) electrons. The molecule has 6 heteroatoms. The maximum atomic E-state index is 12.6. The minimum absolute atomic E-state index is 0.0821. The van der Waals surface area contributed by atoms with E-state index < -0.39 is 11.5 Å². The molecule has 27 heavy (non-hydrogen) atoms. The molecule has 1 amide bonds. The first-order valence-electron chi connectivity index (χ1n) is 9.75. The van der Waals surface area contributed by atoms with Crippen molar-refractivity contribution in [2.75, 3.05) is 0 Å². The van der Waals surface area contributed by atoms with Crippen LogP contribution >= 0.6 is 0 Å². The van der Waals surface area contributed by atoms with Crippen molar-refractivity contribution in [2.45, 2.75) is 79.8 Å². The first-order chi connectivity index (χ1) is 12.8. The number of hydrogen-bond donors (Lipinski definition) is 1. The third-order valence-corrected chi connectivity index (χ3v) is 4.99. The predicted molar refractivity (Wildman–Crippen MR) is 106 cm³/mol. The number of carbonyl (C=O) groups is 1. The van der Waals surface area contributed by atoms with Crippen LogP contribution in [0.1, 0.15) is 84.6 Å². The summed E-state index contributed by atoms with van der Waals surface area (Å²) in [5, 5.41) is 7.37. The van der Waals surface area contributed by atoms with Gasteiger partial charge in [-0.2, -0.15) is 5.10 Å². The Kier molecular flexibility index (Phi) is 6.99. The Bertz CT molecular complexity index is 864. The van der Waals surface area contributed by atoms with Crippen LogP contribution < -0.4 is 10.9 Å². The summed E-state index contributed by atoms with van der Waals surface area (Å²) in [4.78, 5) is 25.0. The van der Waals surface area contributed by atoms with Crippen LogP contribution in [0.2, 0.25) is 0 Å². The maximum Gasteiger partial charge on any atom is 0.349 e. The lowest BCUT2D eigenvalue weighted by atomic mass is 10.0. The highest BCUT2D eigenvalue weighted by Gasteiger charge is 2.20. The highest BCUT2D eigenvalue weighted by molar-refractivity contribution is 5.95. The number of amides is 1. The molecule has 2 aromatic rings. The van der Waals surface area contributed by atoms with Crippen LogP contribution in [0, 0.1) is 20.8 Å². The van der Waals surface area contributed by atoms with E-state index in [4.69, 9.17) is 4.42 Å². The van der Waals surface area contributed by atoms with E-state index in [0.717, 1.165) is 42.8 Å². The average molecular weight is 373 g/mol. The van der Waals surface area contributed by atoms with Gasteiger partial charge in [-0.05, 0) is 45.2 Å². The fraction of sp³-hybridized carbons (Fsp3) is 0.571. The second kappa shape index (κ2) is 9.02. The molecule has 0 fully saturated rings. The van der Waals surface area contributed by atoms with Crippen LogP contribution in [-0.4, -0.2) is 15.7 Å². The lowest BCUT2D eigenvalue weighted by Gasteiger charge is -2.12. The molecule has 0 saturated carbocycles. The Hall–Kier alpha value is -2.37. The zero-order valence-electron chi connectivity index (χ0n) is 17.3. The van der Waals surface area contributed by atoms with Crippen molar-refractivity contribution in [3.63, 3.8) is 0 Å². The Balaban J connectivity index is 2.18. The van der Waals surface area contributed by atoms with Crippen molar-refractivity contribution in [3.05, 3.63) is 50.3 Å². The normalized spacial score (nSPS) is 12.2. The van der Waals surface area contributed by atoms with Gasteiger partial charge in [0.15, 0.2) is 0 Å². The van der Waals surface area contributed by atoms with E-state index in [2.05, 4.69) is 24.3 Å². The number of aryl methyl sites for hydroxylation is 3. The van der Waals surface area contributed by atoms with Gasteiger partial charge in [0, 0.05) is 30.3 Å². The van der Waals surface area contributed by atoms with Gasteiger partial charge in [0.05, 0.1) is 5.69 Å². The van der Waals surface area contributed by atoms with Crippen molar-refractivity contribution >= 4 is 5.91 Å². The second-order valence-corrected chi connectivity index (χ2v) is 7.24. The minimum Gasteiger partial charge on any atom is -0.427 e. The lowest BCUT2D eigenvalue weighted by Crippen LogP contribution is -2.29. The minimum atomic E-state index is -0.569. The Morgan fingerprint density at radius 3 is 2.56 bits per heavy atom. The summed E-state index contributed by atoms with van der Waals surface area (Å²) >= 11 is 0. The molecule has 1 atom stereocenters. The van der Waals surface area contributed by atoms with Crippen molar-refractivity contribution in [2.24, 2.45) is 0 Å². The summed E-state index contributed by atoms with van der Waals surface area (Å²) < 4.78 is 7.39. The molecular weight excluding hydrogens is 342 g/mol. The van der Waals surface area contributed by atoms with Crippen LogP contribution in [0.15, 0.2) is 15.3 Å². The summed E-state index contributed by atoms with van der Waals surface area (Å²) in [6.45, 7) is 13.1. The Morgan fingerprint density at radius 1 is 1.26 bits per heavy atom. The van der Waals surface area contributed by atoms with Crippen LogP contribution in [0.5, 0.6) is 0 Å². The van der Waals surface area contributed by atoms with E-state index in [0.29, 0.717) is 17.9 Å². The van der Waals surface area contributed by atoms with E-state index in [1.54, 1.807) is 6.92 Å². The number of nitrogens with zero attached hydrogens (tertiary/aromatic N) is 2. The fourth-order valence-electron chi connectivity index (χ4n) is 3.40. The predicted octanol–water partition coefficient (Wildman–Crippen LogP) is 4.01. The van der Waals surface area contributed by atoms with E-state index in [9.17, 15) is 9.59 Å². The van der Waals surface area contributed by atoms with Crippen LogP contribution in [0.25, 0.3) is 0 Å². The smallest absolute Gasteiger partial charge is 0.349 e. The quantitative estimate of drug-likeness (QED) is 0.758. The number of nitrogens with one attached hydrogen (secondary N) is 1. The molecule has 6 nitrogen and oxygen atoms in total. The zero-order valence-corrected chi connectivity index (χ0v) is 17.3. The molecule has 2 rings (SSSR count). The molecular formula is C21H31N3O3. The topological polar surface area (TPSA) is 77.1 Å². The molecule has 0 bridgehead atoms. The lowest BCUT2D eigenvalue weighted by molar-refractivity contribution is 0.0945. The van der Waals surface area contributed by atoms with Crippen LogP contribution in [-0.2, 0) is 13.1 Å². The highest BCUT2D eigenvalue weighted by Crippen LogP contribution is 2.21. The van der Waals surface area contributed by atoms with Crippen molar-refractivity contribution in [3.8, 4) is 0 Å². The molecule has 2 aromatic heterocycles. The third-order valence-electron chi connectivity index (χ3n) is 4.99. The highest BCUT2D eigenvalue weighted by atomic mass is 16.4. The van der Waals surface area contributed by atoms with E-state index in [1.165, 1.54) is 0 Å². The van der Waals surface area contributed by atoms with Gasteiger partial charge < -0.3 is 9.73 Å². The SMILES string of the molecule is CCCC(C)c1cc(C)c(C(=O)NCc2c(C)nn(CCC)c2C)c(=O)o1. The van der Waals surface area contributed by atoms with Gasteiger partial charge in [-0.25, -0.2) is 4.79 Å². The molecule has 1 unspecified atom stereocenters. The Labute approximate surface area is 161 Å². The van der Waals surface area contributed by atoms with Gasteiger partial charge in [-0.3, -0.25) is 9.48 Å². The average Bonchev–Trinajstić information content (AvgIpc) is 2.86. The molecule has 148 valence electrons. The van der Waals surface area contributed by atoms with Gasteiger partial charge in [0.2, 0.25) is 0 Å². The van der Waals surface area contributed by atoms with Crippen LogP contribution in [0.4, 0.5) is 0 Å². The molecule has 0 aromatic carbocycles. The maximum absolute atomic E-state index is 12.6. The number of carbonyl (C=O) groups excluding carboxylic acids is 1. The molecule has 0 aliphatic carbocycles. The van der Waals surface area contributed by atoms with E-state index in [1.807, 2.05) is 31.5 Å². The second-order valence-electron chi connectivity index (χ2n) is 7.24. The summed E-state index contributed by atoms with van der Waals surface area (Å²) in [6, 6.07) is 1.81. The fourth-order valence-corrected chi connectivity index (χ4v) is 3.40. The summed E-state index contributed by atoms with van der Waals surface area (Å²) in [5.74, 6) is 0.398. The molecule has 0 saturated heterocycles. The van der Waals surface area contributed by atoms with Gasteiger partial charge in [-0.15, -0.1) is 0 Å². The van der Waals surface area contributed by atoms with Gasteiger partial charge >= 0.3 is 5.63 Å². The number of rotatable bonds is 8. The third kappa shape index (κ3) is 4.67. The number of aromatic nitrogens is 2. The molecule has 1 N–H and O–H groups in total. The zero-order chi connectivity index (χ0) is 20.1. The van der Waals surface area contributed by atoms with Gasteiger partial charge in [0.25, 0.3) is 5.91 Å². The molecule has 2 heterocycles. The van der Waals surface area contributed by atoms with Crippen molar-refractivity contribution < 1.29 is 9.21 Å². The summed E-state index contributed by atoms with van der Waals surface area (Å²) in [6.07, 6.45) is 2.95. The Morgan fingerprint density at radius 2 is 1.96 bits per heavy atom. The molecule has 0 aliphatic heterocycles. The van der Waals surface area contributed by atoms with Crippen molar-refractivity contribution in [1.29, 1.82) is 0 Å². The van der Waals surface area contributed by atoms with Gasteiger partial charge in [0.1, 0.15) is 11.3 Å². The monoisotopic (exact) mass is 373 g/mol. The molecule has 0 aliphatic rings. The van der Waals surface area contributed by atoms with E-state index in [-0.39, 0.29) is 11.5 Å². The van der Waals surface area contributed by atoms with Crippen molar-refractivity contribution in [1.82, 2.24) is 15.1 Å². The first kappa shape index (κ1) is 20.9. The molecule has 0 spiro atoms. The summed E-state index contributed by atoms with van der Waals surface area (Å²) in [5.41, 5.74) is 3.10. The van der Waals surface area contributed by atoms with Gasteiger partial charge in [-0.1, -0.05) is 27.2 Å². The first-order valence-corrected chi connectivity index (χ1v) is 9.75. The standard InChI is InChI=1S/C21H31N3O3/c1-7-9-13(3)18-11-14(4)19(21(26)27-18)20(25)22-12-17-15(5)23-24(10-8-2)16(17)6/h11,13H,7-10,12H2,1-6H3,(H,22,25). The number of hydrogen-bond acceptors (Lipinski definition) is 4. The van der Waals surface area contributed by atoms with E-state index >= 15 is 0 Å². The largest absolute Gasteiger partial charge is 0.427 e. The summed E-state index contributed by atoms with van der Waals surface area (Å²) in [7, 11) is 0. The van der Waals surface area contributed by atoms with Crippen LogP contribution in [0.3, 0.4) is 0 Å².